The fourth-order valence-electron chi connectivity index (χ4n) is 3.04. The third-order valence-corrected chi connectivity index (χ3v) is 4.31. The van der Waals surface area contributed by atoms with Crippen molar-refractivity contribution < 1.29 is 4.39 Å². The van der Waals surface area contributed by atoms with Gasteiger partial charge in [0.05, 0.1) is 11.2 Å². The molecule has 1 aromatic heterocycles. The minimum Gasteiger partial charge on any atom is -0.388 e. The van der Waals surface area contributed by atoms with Crippen LogP contribution < -0.4 is 5.32 Å². The van der Waals surface area contributed by atoms with E-state index in [1.54, 1.807) is 6.07 Å². The number of anilines is 1. The molecule has 122 valence electrons. The van der Waals surface area contributed by atoms with Crippen LogP contribution in [-0.2, 0) is 0 Å². The summed E-state index contributed by atoms with van der Waals surface area (Å²) in [5, 5.41) is 4.29. The molecule has 1 N–H and O–H groups in total. The smallest absolute Gasteiger partial charge is 0.123 e. The van der Waals surface area contributed by atoms with Crippen molar-refractivity contribution >= 4 is 16.6 Å². The molecule has 0 aliphatic carbocycles. The zero-order valence-corrected chi connectivity index (χ0v) is 13.8. The lowest BCUT2D eigenvalue weighted by Crippen LogP contribution is -1.95. The number of aromatic nitrogens is 1. The summed E-state index contributed by atoms with van der Waals surface area (Å²) in [4.78, 5) is 4.72. The van der Waals surface area contributed by atoms with E-state index in [-0.39, 0.29) is 5.82 Å². The first-order valence-electron chi connectivity index (χ1n) is 8.18. The van der Waals surface area contributed by atoms with Gasteiger partial charge in [-0.2, -0.15) is 0 Å². The molecule has 0 atom stereocenters. The summed E-state index contributed by atoms with van der Waals surface area (Å²) in [6.45, 7) is 0. The fraction of sp³-hybridized carbons (Fsp3) is 0.0455. The van der Waals surface area contributed by atoms with Crippen LogP contribution in [0.1, 0.15) is 0 Å². The van der Waals surface area contributed by atoms with E-state index in [0.29, 0.717) is 0 Å². The van der Waals surface area contributed by atoms with Crippen molar-refractivity contribution in [2.75, 3.05) is 12.4 Å². The molecule has 0 aliphatic rings. The normalized spacial score (nSPS) is 10.8. The number of rotatable bonds is 3. The van der Waals surface area contributed by atoms with Crippen LogP contribution in [0.4, 0.5) is 10.1 Å². The molecule has 0 saturated carbocycles. The minimum atomic E-state index is -0.259. The lowest BCUT2D eigenvalue weighted by Gasteiger charge is -2.11. The quantitative estimate of drug-likeness (QED) is 0.518. The second-order valence-electron chi connectivity index (χ2n) is 5.91. The molecule has 2 nitrogen and oxygen atoms in total. The highest BCUT2D eigenvalue weighted by Crippen LogP contribution is 2.31. The molecule has 0 saturated heterocycles. The van der Waals surface area contributed by atoms with E-state index in [2.05, 4.69) is 29.6 Å². The molecular formula is C22H17FN2. The Morgan fingerprint density at radius 3 is 2.32 bits per heavy atom. The summed E-state index contributed by atoms with van der Waals surface area (Å²) < 4.78 is 13.5. The van der Waals surface area contributed by atoms with Gasteiger partial charge in [-0.05, 0) is 41.5 Å². The maximum atomic E-state index is 13.5. The van der Waals surface area contributed by atoms with Crippen LogP contribution in [0.5, 0.6) is 0 Å². The Balaban J connectivity index is 1.89. The molecule has 25 heavy (non-hydrogen) atoms. The predicted octanol–water partition coefficient (Wildman–Crippen LogP) is 5.75. The number of hydrogen-bond donors (Lipinski definition) is 1. The summed E-state index contributed by atoms with van der Waals surface area (Å²) in [7, 11) is 1.89. The van der Waals surface area contributed by atoms with Gasteiger partial charge < -0.3 is 5.32 Å². The Kier molecular flexibility index (Phi) is 3.90. The lowest BCUT2D eigenvalue weighted by atomic mass is 10.0. The number of fused-ring (bicyclic) bond motifs is 1. The number of nitrogens with zero attached hydrogens (tertiary/aromatic N) is 1. The SMILES string of the molecule is CNc1cc(-c2cccc(F)c2)nc2ccc(-c3ccccc3)cc12. The van der Waals surface area contributed by atoms with Crippen molar-refractivity contribution in [3.05, 3.63) is 84.7 Å². The van der Waals surface area contributed by atoms with Crippen molar-refractivity contribution in [3.8, 4) is 22.4 Å². The second-order valence-corrected chi connectivity index (χ2v) is 5.91. The van der Waals surface area contributed by atoms with E-state index in [4.69, 9.17) is 4.98 Å². The van der Waals surface area contributed by atoms with E-state index in [1.165, 1.54) is 17.7 Å². The molecule has 4 rings (SSSR count). The van der Waals surface area contributed by atoms with Gasteiger partial charge in [-0.25, -0.2) is 9.37 Å². The average Bonchev–Trinajstić information content (AvgIpc) is 2.67. The number of pyridine rings is 1. The molecule has 4 aromatic rings. The Labute approximate surface area is 146 Å². The fourth-order valence-corrected chi connectivity index (χ4v) is 3.04. The van der Waals surface area contributed by atoms with Gasteiger partial charge in [0.15, 0.2) is 0 Å². The molecule has 0 amide bonds. The van der Waals surface area contributed by atoms with Gasteiger partial charge in [-0.15, -0.1) is 0 Å². The standard InChI is InChI=1S/C22H17FN2/c1-24-22-14-21(17-8-5-9-18(23)12-17)25-20-11-10-16(13-19(20)22)15-6-3-2-4-7-15/h2-14H,1H3,(H,24,25). The molecule has 0 fully saturated rings. The summed E-state index contributed by atoms with van der Waals surface area (Å²) in [6, 6.07) is 25.0. The first-order valence-corrected chi connectivity index (χ1v) is 8.18. The highest BCUT2D eigenvalue weighted by atomic mass is 19.1. The van der Waals surface area contributed by atoms with Crippen LogP contribution >= 0.6 is 0 Å². The van der Waals surface area contributed by atoms with E-state index >= 15 is 0 Å². The van der Waals surface area contributed by atoms with Crippen molar-refractivity contribution in [3.63, 3.8) is 0 Å². The van der Waals surface area contributed by atoms with Gasteiger partial charge in [-0.3, -0.25) is 0 Å². The van der Waals surface area contributed by atoms with Gasteiger partial charge in [0.2, 0.25) is 0 Å². The van der Waals surface area contributed by atoms with Gasteiger partial charge in [0.1, 0.15) is 5.82 Å². The highest BCUT2D eigenvalue weighted by molar-refractivity contribution is 5.96. The largest absolute Gasteiger partial charge is 0.388 e. The van der Waals surface area contributed by atoms with Gasteiger partial charge in [0.25, 0.3) is 0 Å². The van der Waals surface area contributed by atoms with E-state index in [0.717, 1.165) is 33.4 Å². The van der Waals surface area contributed by atoms with Crippen LogP contribution in [0.3, 0.4) is 0 Å². The van der Waals surface area contributed by atoms with Crippen molar-refractivity contribution in [1.29, 1.82) is 0 Å². The topological polar surface area (TPSA) is 24.9 Å². The number of halogens is 1. The number of benzene rings is 3. The minimum absolute atomic E-state index is 0.259. The van der Waals surface area contributed by atoms with Crippen LogP contribution in [0.2, 0.25) is 0 Å². The molecule has 0 spiro atoms. The third kappa shape index (κ3) is 2.96. The highest BCUT2D eigenvalue weighted by Gasteiger charge is 2.09. The third-order valence-electron chi connectivity index (χ3n) is 4.31. The molecule has 0 aliphatic heterocycles. The Morgan fingerprint density at radius 2 is 1.56 bits per heavy atom. The summed E-state index contributed by atoms with van der Waals surface area (Å²) in [5.74, 6) is -0.259. The number of hydrogen-bond acceptors (Lipinski definition) is 2. The maximum absolute atomic E-state index is 13.5. The first-order chi connectivity index (χ1) is 12.2. The molecule has 0 unspecified atom stereocenters. The van der Waals surface area contributed by atoms with Gasteiger partial charge in [0, 0.05) is 23.7 Å². The summed E-state index contributed by atoms with van der Waals surface area (Å²) in [5.41, 5.74) is 5.69. The Hall–Kier alpha value is -3.20. The van der Waals surface area contributed by atoms with E-state index in [1.807, 2.05) is 43.4 Å². The zero-order chi connectivity index (χ0) is 17.2. The van der Waals surface area contributed by atoms with Crippen LogP contribution in [0, 0.1) is 5.82 Å². The van der Waals surface area contributed by atoms with Crippen molar-refractivity contribution in [2.24, 2.45) is 0 Å². The predicted molar refractivity (Wildman–Crippen MR) is 102 cm³/mol. The van der Waals surface area contributed by atoms with Gasteiger partial charge >= 0.3 is 0 Å². The second kappa shape index (κ2) is 6.36. The first kappa shape index (κ1) is 15.3. The van der Waals surface area contributed by atoms with E-state index < -0.39 is 0 Å². The molecule has 3 heteroatoms. The molecule has 3 aromatic carbocycles. The van der Waals surface area contributed by atoms with Crippen LogP contribution in [0.25, 0.3) is 33.3 Å². The van der Waals surface area contributed by atoms with E-state index in [9.17, 15) is 4.39 Å². The Morgan fingerprint density at radius 1 is 0.760 bits per heavy atom. The zero-order valence-electron chi connectivity index (χ0n) is 13.8. The molecular weight excluding hydrogens is 311 g/mol. The molecule has 0 bridgehead atoms. The maximum Gasteiger partial charge on any atom is 0.123 e. The average molecular weight is 328 g/mol. The van der Waals surface area contributed by atoms with Crippen LogP contribution in [-0.4, -0.2) is 12.0 Å². The molecule has 0 radical (unpaired) electrons. The van der Waals surface area contributed by atoms with Crippen molar-refractivity contribution in [1.82, 2.24) is 4.98 Å². The van der Waals surface area contributed by atoms with Crippen LogP contribution in [0.15, 0.2) is 78.9 Å². The Bertz CT molecular complexity index is 1040. The summed E-state index contributed by atoms with van der Waals surface area (Å²) >= 11 is 0. The monoisotopic (exact) mass is 328 g/mol. The lowest BCUT2D eigenvalue weighted by molar-refractivity contribution is 0.628. The van der Waals surface area contributed by atoms with Crippen molar-refractivity contribution in [2.45, 2.75) is 0 Å². The molecule has 1 heterocycles. The summed E-state index contributed by atoms with van der Waals surface area (Å²) in [6.07, 6.45) is 0. The van der Waals surface area contributed by atoms with Gasteiger partial charge in [-0.1, -0.05) is 48.5 Å². The number of nitrogens with one attached hydrogen (secondary N) is 1.